The Hall–Kier alpha value is -0.820. The summed E-state index contributed by atoms with van der Waals surface area (Å²) in [6.45, 7) is 0. The first-order valence-electron chi connectivity index (χ1n) is 5.53. The molecule has 4 nitrogen and oxygen atoms in total. The van der Waals surface area contributed by atoms with Gasteiger partial charge in [-0.1, -0.05) is 22.0 Å². The number of hydrogen-bond donors (Lipinski definition) is 2. The fourth-order valence-electron chi connectivity index (χ4n) is 1.68. The Morgan fingerprint density at radius 3 is 2.94 bits per heavy atom. The number of nitrogens with two attached hydrogens (primary N) is 1. The molecule has 1 atom stereocenters. The first kappa shape index (κ1) is 13.6. The van der Waals surface area contributed by atoms with Crippen molar-refractivity contribution in [3.8, 4) is 0 Å². The average Bonchev–Trinajstić information content (AvgIpc) is 2.77. The van der Waals surface area contributed by atoms with E-state index in [0.29, 0.717) is 0 Å². The number of aromatic nitrogens is 2. The highest BCUT2D eigenvalue weighted by Crippen LogP contribution is 2.26. The van der Waals surface area contributed by atoms with Crippen molar-refractivity contribution in [3.63, 3.8) is 0 Å². The number of benzene rings is 1. The molecule has 2 aromatic rings. The van der Waals surface area contributed by atoms with Gasteiger partial charge >= 0.3 is 0 Å². The summed E-state index contributed by atoms with van der Waals surface area (Å²) in [5.41, 5.74) is 3.92. The molecular formula is C12H15BrN4S. The molecule has 3 N–H and O–H groups in total. The third-order valence-corrected chi connectivity index (χ3v) is 4.21. The number of thioether (sulfide) groups is 1. The molecular weight excluding hydrogens is 312 g/mol. The van der Waals surface area contributed by atoms with Gasteiger partial charge in [-0.2, -0.15) is 5.10 Å². The van der Waals surface area contributed by atoms with E-state index in [9.17, 15) is 0 Å². The number of aryl methyl sites for hydroxylation is 1. The molecule has 1 heterocycles. The van der Waals surface area contributed by atoms with Gasteiger partial charge < -0.3 is 0 Å². The van der Waals surface area contributed by atoms with Gasteiger partial charge in [0.05, 0.1) is 11.7 Å². The fourth-order valence-corrected chi connectivity index (χ4v) is 3.24. The summed E-state index contributed by atoms with van der Waals surface area (Å²) >= 11 is 5.23. The lowest BCUT2D eigenvalue weighted by molar-refractivity contribution is 0.554. The zero-order valence-electron chi connectivity index (χ0n) is 10.0. The van der Waals surface area contributed by atoms with Gasteiger partial charge in [-0.3, -0.25) is 16.0 Å². The average molecular weight is 327 g/mol. The van der Waals surface area contributed by atoms with Crippen LogP contribution in [0.2, 0.25) is 0 Å². The number of rotatable bonds is 5. The largest absolute Gasteiger partial charge is 0.271 e. The SMILES string of the molecule is Cn1nccc1C(CSc1cccc(Br)c1)NN. The van der Waals surface area contributed by atoms with Gasteiger partial charge in [0, 0.05) is 28.4 Å². The lowest BCUT2D eigenvalue weighted by Gasteiger charge is -2.15. The number of nitrogens with zero attached hydrogens (tertiary/aromatic N) is 2. The van der Waals surface area contributed by atoms with Crippen molar-refractivity contribution in [1.82, 2.24) is 15.2 Å². The van der Waals surface area contributed by atoms with Crippen LogP contribution < -0.4 is 11.3 Å². The maximum atomic E-state index is 5.61. The van der Waals surface area contributed by atoms with Crippen molar-refractivity contribution in [2.24, 2.45) is 12.9 Å². The molecule has 0 radical (unpaired) electrons. The highest BCUT2D eigenvalue weighted by molar-refractivity contribution is 9.10. The van der Waals surface area contributed by atoms with E-state index >= 15 is 0 Å². The molecule has 0 saturated heterocycles. The molecule has 0 aliphatic rings. The molecule has 1 unspecified atom stereocenters. The third kappa shape index (κ3) is 3.35. The summed E-state index contributed by atoms with van der Waals surface area (Å²) < 4.78 is 2.93. The number of hydrazine groups is 1. The molecule has 0 bridgehead atoms. The highest BCUT2D eigenvalue weighted by Gasteiger charge is 2.13. The van der Waals surface area contributed by atoms with Crippen LogP contribution >= 0.6 is 27.7 Å². The van der Waals surface area contributed by atoms with Crippen molar-refractivity contribution in [1.29, 1.82) is 0 Å². The van der Waals surface area contributed by atoms with E-state index in [1.807, 2.05) is 29.9 Å². The standard InChI is InChI=1S/C12H15BrN4S/c1-17-12(5-6-15-17)11(16-14)8-18-10-4-2-3-9(13)7-10/h2-7,11,16H,8,14H2,1H3. The number of nitrogens with one attached hydrogen (secondary N) is 1. The predicted molar refractivity (Wildman–Crippen MR) is 78.1 cm³/mol. The van der Waals surface area contributed by atoms with Crippen molar-refractivity contribution >= 4 is 27.7 Å². The Balaban J connectivity index is 2.02. The topological polar surface area (TPSA) is 55.9 Å². The second-order valence-electron chi connectivity index (χ2n) is 3.87. The van der Waals surface area contributed by atoms with Crippen LogP contribution in [0.25, 0.3) is 0 Å². The highest BCUT2D eigenvalue weighted by atomic mass is 79.9. The van der Waals surface area contributed by atoms with Crippen LogP contribution in [0.5, 0.6) is 0 Å². The van der Waals surface area contributed by atoms with E-state index in [1.165, 1.54) is 4.90 Å². The van der Waals surface area contributed by atoms with E-state index in [1.54, 1.807) is 18.0 Å². The number of hydrogen-bond acceptors (Lipinski definition) is 4. The quantitative estimate of drug-likeness (QED) is 0.503. The van der Waals surface area contributed by atoms with Gasteiger partial charge in [-0.15, -0.1) is 11.8 Å². The molecule has 1 aromatic heterocycles. The van der Waals surface area contributed by atoms with Gasteiger partial charge in [0.25, 0.3) is 0 Å². The van der Waals surface area contributed by atoms with Crippen LogP contribution in [0.15, 0.2) is 45.9 Å². The van der Waals surface area contributed by atoms with E-state index in [-0.39, 0.29) is 6.04 Å². The molecule has 0 amide bonds. The number of halogens is 1. The Morgan fingerprint density at radius 2 is 2.33 bits per heavy atom. The molecule has 0 fully saturated rings. The molecule has 0 aliphatic heterocycles. The Bertz CT molecular complexity index is 514. The summed E-state index contributed by atoms with van der Waals surface area (Å²) in [7, 11) is 1.92. The van der Waals surface area contributed by atoms with Gasteiger partial charge in [0.2, 0.25) is 0 Å². The van der Waals surface area contributed by atoms with Gasteiger partial charge in [-0.25, -0.2) is 0 Å². The maximum Gasteiger partial charge on any atom is 0.0722 e. The maximum absolute atomic E-state index is 5.61. The van der Waals surface area contributed by atoms with E-state index < -0.39 is 0 Å². The summed E-state index contributed by atoms with van der Waals surface area (Å²) in [5.74, 6) is 6.47. The predicted octanol–water partition coefficient (Wildman–Crippen LogP) is 2.48. The van der Waals surface area contributed by atoms with Gasteiger partial charge in [-0.05, 0) is 24.3 Å². The van der Waals surface area contributed by atoms with Crippen molar-refractivity contribution < 1.29 is 0 Å². The van der Waals surface area contributed by atoms with Gasteiger partial charge in [0.1, 0.15) is 0 Å². The van der Waals surface area contributed by atoms with E-state index in [4.69, 9.17) is 5.84 Å². The lowest BCUT2D eigenvalue weighted by Crippen LogP contribution is -2.31. The van der Waals surface area contributed by atoms with Crippen LogP contribution in [-0.2, 0) is 7.05 Å². The second kappa shape index (κ2) is 6.38. The van der Waals surface area contributed by atoms with Crippen LogP contribution in [0, 0.1) is 0 Å². The van der Waals surface area contributed by atoms with Crippen LogP contribution in [-0.4, -0.2) is 15.5 Å². The molecule has 0 spiro atoms. The third-order valence-electron chi connectivity index (χ3n) is 2.63. The molecule has 0 aliphatic carbocycles. The minimum atomic E-state index is 0.0847. The fraction of sp³-hybridized carbons (Fsp3) is 0.250. The van der Waals surface area contributed by atoms with Crippen molar-refractivity contribution in [2.75, 3.05) is 5.75 Å². The molecule has 2 rings (SSSR count). The molecule has 1 aromatic carbocycles. The zero-order chi connectivity index (χ0) is 13.0. The Morgan fingerprint density at radius 1 is 1.50 bits per heavy atom. The van der Waals surface area contributed by atoms with Crippen LogP contribution in [0.4, 0.5) is 0 Å². The van der Waals surface area contributed by atoms with Crippen molar-refractivity contribution in [3.05, 3.63) is 46.7 Å². The summed E-state index contributed by atoms with van der Waals surface area (Å²) in [6, 6.07) is 10.3. The summed E-state index contributed by atoms with van der Waals surface area (Å²) in [6.07, 6.45) is 1.78. The van der Waals surface area contributed by atoms with E-state index in [0.717, 1.165) is 15.9 Å². The van der Waals surface area contributed by atoms with E-state index in [2.05, 4.69) is 38.6 Å². The summed E-state index contributed by atoms with van der Waals surface area (Å²) in [5, 5.41) is 4.16. The van der Waals surface area contributed by atoms with Crippen molar-refractivity contribution in [2.45, 2.75) is 10.9 Å². The Kier molecular flexibility index (Phi) is 4.82. The van der Waals surface area contributed by atoms with Gasteiger partial charge in [0.15, 0.2) is 0 Å². The minimum absolute atomic E-state index is 0.0847. The first-order valence-corrected chi connectivity index (χ1v) is 7.31. The molecule has 96 valence electrons. The molecule has 18 heavy (non-hydrogen) atoms. The van der Waals surface area contributed by atoms with Crippen LogP contribution in [0.3, 0.4) is 0 Å². The molecule has 0 saturated carbocycles. The second-order valence-corrected chi connectivity index (χ2v) is 5.88. The normalized spacial score (nSPS) is 12.6. The minimum Gasteiger partial charge on any atom is -0.271 e. The summed E-state index contributed by atoms with van der Waals surface area (Å²) in [4.78, 5) is 1.21. The lowest BCUT2D eigenvalue weighted by atomic mass is 10.2. The molecule has 6 heteroatoms. The zero-order valence-corrected chi connectivity index (χ0v) is 12.4. The Labute approximate surface area is 119 Å². The monoisotopic (exact) mass is 326 g/mol. The first-order chi connectivity index (χ1) is 8.70. The smallest absolute Gasteiger partial charge is 0.0722 e. The van der Waals surface area contributed by atoms with Crippen LogP contribution in [0.1, 0.15) is 11.7 Å².